The predicted molar refractivity (Wildman–Crippen MR) is 89.8 cm³/mol. The third-order valence-corrected chi connectivity index (χ3v) is 4.32. The van der Waals surface area contributed by atoms with Gasteiger partial charge in [0.2, 0.25) is 5.95 Å². The van der Waals surface area contributed by atoms with Crippen LogP contribution >= 0.6 is 0 Å². The van der Waals surface area contributed by atoms with Gasteiger partial charge in [0, 0.05) is 31.0 Å². The largest absolute Gasteiger partial charge is 0.353 e. The second-order valence-corrected chi connectivity index (χ2v) is 7.18. The van der Waals surface area contributed by atoms with Crippen molar-refractivity contribution in [1.29, 1.82) is 0 Å². The van der Waals surface area contributed by atoms with E-state index in [0.717, 1.165) is 12.5 Å². The average Bonchev–Trinajstić information content (AvgIpc) is 2.86. The summed E-state index contributed by atoms with van der Waals surface area (Å²) in [7, 11) is 4.30. The second-order valence-electron chi connectivity index (χ2n) is 7.18. The van der Waals surface area contributed by atoms with E-state index in [1.54, 1.807) is 0 Å². The van der Waals surface area contributed by atoms with Gasteiger partial charge in [-0.25, -0.2) is 4.98 Å². The first-order valence-corrected chi connectivity index (χ1v) is 8.50. The van der Waals surface area contributed by atoms with Crippen molar-refractivity contribution in [3.8, 4) is 0 Å². The standard InChI is InChI=1S/C17H32N4/c1-14(2)12-16(13-20(3)4)21-11-10-18-17(21)19-15-8-6-5-7-9-15/h10-11,14-16H,5-9,12-13H2,1-4H3,(H,18,19). The van der Waals surface area contributed by atoms with Crippen molar-refractivity contribution in [1.82, 2.24) is 14.5 Å². The zero-order chi connectivity index (χ0) is 15.2. The summed E-state index contributed by atoms with van der Waals surface area (Å²) < 4.78 is 2.36. The molecule has 0 bridgehead atoms. The molecule has 0 radical (unpaired) electrons. The van der Waals surface area contributed by atoms with Crippen LogP contribution in [0.3, 0.4) is 0 Å². The van der Waals surface area contributed by atoms with E-state index >= 15 is 0 Å². The van der Waals surface area contributed by atoms with Gasteiger partial charge in [0.25, 0.3) is 0 Å². The Hall–Kier alpha value is -1.03. The number of hydrogen-bond donors (Lipinski definition) is 1. The van der Waals surface area contributed by atoms with E-state index in [0.29, 0.717) is 18.0 Å². The highest BCUT2D eigenvalue weighted by molar-refractivity contribution is 5.28. The molecule has 1 aliphatic rings. The zero-order valence-corrected chi connectivity index (χ0v) is 14.2. The molecule has 1 fully saturated rings. The Morgan fingerprint density at radius 2 is 2.00 bits per heavy atom. The van der Waals surface area contributed by atoms with Crippen molar-refractivity contribution < 1.29 is 0 Å². The Kier molecular flexibility index (Phi) is 6.09. The van der Waals surface area contributed by atoms with E-state index in [1.807, 2.05) is 6.20 Å². The summed E-state index contributed by atoms with van der Waals surface area (Å²) in [5.41, 5.74) is 0. The highest BCUT2D eigenvalue weighted by Gasteiger charge is 2.20. The summed E-state index contributed by atoms with van der Waals surface area (Å²) in [5.74, 6) is 1.76. The average molecular weight is 292 g/mol. The van der Waals surface area contributed by atoms with Crippen LogP contribution < -0.4 is 5.32 Å². The van der Waals surface area contributed by atoms with Crippen molar-refractivity contribution in [2.45, 2.75) is 64.5 Å². The summed E-state index contributed by atoms with van der Waals surface area (Å²) >= 11 is 0. The van der Waals surface area contributed by atoms with Gasteiger partial charge in [-0.05, 0) is 39.3 Å². The first-order chi connectivity index (χ1) is 10.1. The highest BCUT2D eigenvalue weighted by Crippen LogP contribution is 2.25. The van der Waals surface area contributed by atoms with Gasteiger partial charge in [0.05, 0.1) is 0 Å². The lowest BCUT2D eigenvalue weighted by atomic mass is 9.96. The Labute approximate surface area is 129 Å². The highest BCUT2D eigenvalue weighted by atomic mass is 15.2. The predicted octanol–water partition coefficient (Wildman–Crippen LogP) is 3.78. The van der Waals surface area contributed by atoms with Crippen molar-refractivity contribution in [2.75, 3.05) is 26.0 Å². The van der Waals surface area contributed by atoms with Crippen LogP contribution in [0.15, 0.2) is 12.4 Å². The molecule has 0 aromatic carbocycles. The topological polar surface area (TPSA) is 33.1 Å². The third kappa shape index (κ3) is 5.03. The molecule has 0 aliphatic heterocycles. The van der Waals surface area contributed by atoms with Crippen LogP contribution in [0, 0.1) is 5.92 Å². The first-order valence-electron chi connectivity index (χ1n) is 8.50. The van der Waals surface area contributed by atoms with Gasteiger partial charge in [0.1, 0.15) is 0 Å². The molecule has 1 N–H and O–H groups in total. The molecule has 0 saturated heterocycles. The van der Waals surface area contributed by atoms with Crippen molar-refractivity contribution in [3.05, 3.63) is 12.4 Å². The molecular weight excluding hydrogens is 260 g/mol. The van der Waals surface area contributed by atoms with Gasteiger partial charge >= 0.3 is 0 Å². The van der Waals surface area contributed by atoms with Gasteiger partial charge < -0.3 is 14.8 Å². The maximum absolute atomic E-state index is 4.58. The number of imidazole rings is 1. The Balaban J connectivity index is 2.07. The lowest BCUT2D eigenvalue weighted by molar-refractivity contribution is 0.289. The van der Waals surface area contributed by atoms with Crippen LogP contribution in [0.25, 0.3) is 0 Å². The molecule has 0 amide bonds. The molecule has 4 heteroatoms. The number of anilines is 1. The van der Waals surface area contributed by atoms with Gasteiger partial charge in [0.15, 0.2) is 0 Å². The fourth-order valence-electron chi connectivity index (χ4n) is 3.39. The number of hydrogen-bond acceptors (Lipinski definition) is 3. The van der Waals surface area contributed by atoms with Crippen LogP contribution in [0.4, 0.5) is 5.95 Å². The van der Waals surface area contributed by atoms with Crippen LogP contribution in [0.1, 0.15) is 58.4 Å². The molecule has 1 aliphatic carbocycles. The lowest BCUT2D eigenvalue weighted by Gasteiger charge is -2.28. The van der Waals surface area contributed by atoms with Gasteiger partial charge in [-0.3, -0.25) is 0 Å². The fraction of sp³-hybridized carbons (Fsp3) is 0.824. The maximum atomic E-state index is 4.58. The van der Waals surface area contributed by atoms with Gasteiger partial charge in [-0.2, -0.15) is 0 Å². The molecule has 2 rings (SSSR count). The third-order valence-electron chi connectivity index (χ3n) is 4.32. The van der Waals surface area contributed by atoms with E-state index in [1.165, 1.54) is 38.5 Å². The summed E-state index contributed by atoms with van der Waals surface area (Å²) in [5, 5.41) is 3.69. The lowest BCUT2D eigenvalue weighted by Crippen LogP contribution is -2.29. The molecule has 1 atom stereocenters. The number of rotatable bonds is 7. The first kappa shape index (κ1) is 16.3. The molecular formula is C17H32N4. The van der Waals surface area contributed by atoms with E-state index in [4.69, 9.17) is 0 Å². The van der Waals surface area contributed by atoms with Gasteiger partial charge in [-0.15, -0.1) is 0 Å². The normalized spacial score (nSPS) is 18.4. The molecule has 1 unspecified atom stereocenters. The molecule has 4 nitrogen and oxygen atoms in total. The summed E-state index contributed by atoms with van der Waals surface area (Å²) in [6.07, 6.45) is 11.9. The molecule has 21 heavy (non-hydrogen) atoms. The molecule has 120 valence electrons. The number of nitrogens with one attached hydrogen (secondary N) is 1. The number of aromatic nitrogens is 2. The molecule has 0 spiro atoms. The van der Waals surface area contributed by atoms with Crippen LogP contribution in [0.5, 0.6) is 0 Å². The van der Waals surface area contributed by atoms with Crippen LogP contribution in [0.2, 0.25) is 0 Å². The SMILES string of the molecule is CC(C)CC(CN(C)C)n1ccnc1NC1CCCCC1. The second kappa shape index (κ2) is 7.83. The zero-order valence-electron chi connectivity index (χ0n) is 14.2. The smallest absolute Gasteiger partial charge is 0.203 e. The fourth-order valence-corrected chi connectivity index (χ4v) is 3.39. The van der Waals surface area contributed by atoms with Gasteiger partial charge in [-0.1, -0.05) is 33.1 Å². The van der Waals surface area contributed by atoms with E-state index < -0.39 is 0 Å². The minimum absolute atomic E-state index is 0.494. The Morgan fingerprint density at radius 1 is 1.29 bits per heavy atom. The van der Waals surface area contributed by atoms with Crippen molar-refractivity contribution in [2.24, 2.45) is 5.92 Å². The van der Waals surface area contributed by atoms with Crippen LogP contribution in [-0.4, -0.2) is 41.1 Å². The number of nitrogens with zero attached hydrogens (tertiary/aromatic N) is 3. The maximum Gasteiger partial charge on any atom is 0.203 e. The monoisotopic (exact) mass is 292 g/mol. The van der Waals surface area contributed by atoms with Crippen LogP contribution in [-0.2, 0) is 0 Å². The van der Waals surface area contributed by atoms with E-state index in [9.17, 15) is 0 Å². The molecule has 1 heterocycles. The Bertz CT molecular complexity index is 395. The minimum Gasteiger partial charge on any atom is -0.353 e. The summed E-state index contributed by atoms with van der Waals surface area (Å²) in [4.78, 5) is 6.85. The molecule has 1 saturated carbocycles. The number of likely N-dealkylation sites (N-methyl/N-ethyl adjacent to an activating group) is 1. The quantitative estimate of drug-likeness (QED) is 0.830. The van der Waals surface area contributed by atoms with Crippen molar-refractivity contribution >= 4 is 5.95 Å². The van der Waals surface area contributed by atoms with Crippen molar-refractivity contribution in [3.63, 3.8) is 0 Å². The van der Waals surface area contributed by atoms with E-state index in [2.05, 4.69) is 53.9 Å². The summed E-state index contributed by atoms with van der Waals surface area (Å²) in [6, 6.07) is 1.10. The minimum atomic E-state index is 0.494. The Morgan fingerprint density at radius 3 is 2.62 bits per heavy atom. The summed E-state index contributed by atoms with van der Waals surface area (Å²) in [6.45, 7) is 5.66. The van der Waals surface area contributed by atoms with E-state index in [-0.39, 0.29) is 0 Å². The molecule has 1 aromatic heterocycles. The molecule has 1 aromatic rings.